The van der Waals surface area contributed by atoms with E-state index >= 15 is 0 Å². The van der Waals surface area contributed by atoms with Crippen LogP contribution in [0.5, 0.6) is 0 Å². The summed E-state index contributed by atoms with van der Waals surface area (Å²) in [7, 11) is 1.62. The van der Waals surface area contributed by atoms with Crippen LogP contribution in [0.3, 0.4) is 0 Å². The third kappa shape index (κ3) is 1.88. The number of carbonyl (C=O) groups excluding carboxylic acids is 1. The predicted molar refractivity (Wildman–Crippen MR) is 39.5 cm³/mol. The lowest BCUT2D eigenvalue weighted by molar-refractivity contribution is 0.111. The largest absolute Gasteiger partial charge is 0.383 e. The first-order valence-corrected chi connectivity index (χ1v) is 3.32. The summed E-state index contributed by atoms with van der Waals surface area (Å²) in [6.07, 6.45) is 3.92. The molecule has 0 radical (unpaired) electrons. The smallest absolute Gasteiger partial charge is 0.168 e. The van der Waals surface area contributed by atoms with Crippen LogP contribution in [0.15, 0.2) is 12.5 Å². The van der Waals surface area contributed by atoms with Gasteiger partial charge in [0, 0.05) is 13.7 Å². The predicted octanol–water partition coefficient (Wildman–Crippen LogP) is 0.342. The average Bonchev–Trinajstić information content (AvgIpc) is 2.47. The van der Waals surface area contributed by atoms with Crippen LogP contribution < -0.4 is 0 Å². The summed E-state index contributed by atoms with van der Waals surface area (Å²) in [6.45, 7) is 1.27. The molecule has 0 N–H and O–H groups in total. The normalized spacial score (nSPS) is 9.91. The third-order valence-corrected chi connectivity index (χ3v) is 1.40. The van der Waals surface area contributed by atoms with Gasteiger partial charge in [-0.3, -0.25) is 4.79 Å². The minimum absolute atomic E-state index is 0.585. The van der Waals surface area contributed by atoms with Gasteiger partial charge in [0.2, 0.25) is 0 Å². The highest BCUT2D eigenvalue weighted by molar-refractivity contribution is 5.71. The maximum Gasteiger partial charge on any atom is 0.168 e. The Morgan fingerprint density at radius 2 is 2.64 bits per heavy atom. The van der Waals surface area contributed by atoms with Crippen molar-refractivity contribution in [3.05, 3.63) is 18.2 Å². The second-order valence-electron chi connectivity index (χ2n) is 2.12. The van der Waals surface area contributed by atoms with Crippen molar-refractivity contribution in [3.8, 4) is 0 Å². The molecule has 1 heterocycles. The molecule has 0 fully saturated rings. The molecule has 0 unspecified atom stereocenters. The van der Waals surface area contributed by atoms with Gasteiger partial charge in [0.15, 0.2) is 6.29 Å². The zero-order chi connectivity index (χ0) is 8.10. The first-order chi connectivity index (χ1) is 5.38. The van der Waals surface area contributed by atoms with Gasteiger partial charge >= 0.3 is 0 Å². The summed E-state index contributed by atoms with van der Waals surface area (Å²) in [4.78, 5) is 14.2. The van der Waals surface area contributed by atoms with Crippen molar-refractivity contribution in [3.63, 3.8) is 0 Å². The summed E-state index contributed by atoms with van der Waals surface area (Å²) in [6, 6.07) is 0. The van der Waals surface area contributed by atoms with E-state index in [1.807, 2.05) is 0 Å². The molecule has 0 saturated heterocycles. The topological polar surface area (TPSA) is 44.1 Å². The molecule has 0 saturated carbocycles. The molecule has 0 spiro atoms. The van der Waals surface area contributed by atoms with Crippen LogP contribution in [-0.4, -0.2) is 29.6 Å². The van der Waals surface area contributed by atoms with Crippen molar-refractivity contribution in [2.75, 3.05) is 13.7 Å². The molecule has 0 aliphatic carbocycles. The van der Waals surface area contributed by atoms with E-state index in [1.54, 1.807) is 18.0 Å². The van der Waals surface area contributed by atoms with Gasteiger partial charge in [-0.05, 0) is 0 Å². The number of carbonyl (C=O) groups is 1. The van der Waals surface area contributed by atoms with Crippen LogP contribution >= 0.6 is 0 Å². The maximum absolute atomic E-state index is 10.3. The summed E-state index contributed by atoms with van der Waals surface area (Å²) in [5, 5.41) is 0. The second-order valence-corrected chi connectivity index (χ2v) is 2.12. The lowest BCUT2D eigenvalue weighted by Gasteiger charge is -2.01. The van der Waals surface area contributed by atoms with Gasteiger partial charge in [0.05, 0.1) is 19.1 Å². The number of imidazole rings is 1. The number of nitrogens with zero attached hydrogens (tertiary/aromatic N) is 2. The van der Waals surface area contributed by atoms with E-state index in [2.05, 4.69) is 4.98 Å². The molecule has 0 aliphatic rings. The average molecular weight is 154 g/mol. The number of aromatic nitrogens is 2. The van der Waals surface area contributed by atoms with Gasteiger partial charge < -0.3 is 9.30 Å². The maximum atomic E-state index is 10.3. The van der Waals surface area contributed by atoms with Crippen molar-refractivity contribution in [2.45, 2.75) is 6.54 Å². The van der Waals surface area contributed by atoms with Crippen molar-refractivity contribution in [2.24, 2.45) is 0 Å². The molecule has 0 amide bonds. The van der Waals surface area contributed by atoms with Crippen LogP contribution in [0.1, 0.15) is 10.5 Å². The fourth-order valence-corrected chi connectivity index (χ4v) is 0.806. The summed E-state index contributed by atoms with van der Waals surface area (Å²) < 4.78 is 6.60. The Kier molecular flexibility index (Phi) is 2.80. The number of hydrogen-bond acceptors (Lipinski definition) is 3. The summed E-state index contributed by atoms with van der Waals surface area (Å²) in [5.41, 5.74) is 0.585. The van der Waals surface area contributed by atoms with Gasteiger partial charge in [-0.1, -0.05) is 0 Å². The lowest BCUT2D eigenvalue weighted by atomic mass is 10.5. The quantitative estimate of drug-likeness (QED) is 0.587. The Labute approximate surface area is 64.8 Å². The zero-order valence-electron chi connectivity index (χ0n) is 6.36. The number of aldehydes is 1. The number of rotatable bonds is 4. The van der Waals surface area contributed by atoms with Crippen LogP contribution in [0.2, 0.25) is 0 Å². The van der Waals surface area contributed by atoms with Crippen LogP contribution in [0, 0.1) is 0 Å². The Morgan fingerprint density at radius 1 is 1.82 bits per heavy atom. The fraction of sp³-hybridized carbons (Fsp3) is 0.429. The third-order valence-electron chi connectivity index (χ3n) is 1.40. The van der Waals surface area contributed by atoms with Crippen LogP contribution in [-0.2, 0) is 11.3 Å². The van der Waals surface area contributed by atoms with Crippen molar-refractivity contribution in [1.82, 2.24) is 9.55 Å². The Hall–Kier alpha value is -1.16. The van der Waals surface area contributed by atoms with E-state index in [0.717, 1.165) is 6.29 Å². The highest BCUT2D eigenvalue weighted by Crippen LogP contribution is 1.94. The minimum Gasteiger partial charge on any atom is -0.383 e. The first-order valence-electron chi connectivity index (χ1n) is 3.32. The highest BCUT2D eigenvalue weighted by Gasteiger charge is 1.97. The van der Waals surface area contributed by atoms with Crippen molar-refractivity contribution in [1.29, 1.82) is 0 Å². The standard InChI is InChI=1S/C7H10N2O2/c1-11-3-2-9-6-8-4-7(9)5-10/h4-6H,2-3H2,1H3. The van der Waals surface area contributed by atoms with Gasteiger partial charge in [-0.15, -0.1) is 0 Å². The molecule has 0 atom stereocenters. The zero-order valence-corrected chi connectivity index (χ0v) is 6.36. The molecular formula is C7H10N2O2. The summed E-state index contributed by atoms with van der Waals surface area (Å²) >= 11 is 0. The van der Waals surface area contributed by atoms with Gasteiger partial charge in [0.25, 0.3) is 0 Å². The van der Waals surface area contributed by atoms with Crippen LogP contribution in [0.4, 0.5) is 0 Å². The van der Waals surface area contributed by atoms with E-state index in [9.17, 15) is 4.79 Å². The number of ether oxygens (including phenoxy) is 1. The van der Waals surface area contributed by atoms with Crippen LogP contribution in [0.25, 0.3) is 0 Å². The highest BCUT2D eigenvalue weighted by atomic mass is 16.5. The molecule has 11 heavy (non-hydrogen) atoms. The van der Waals surface area contributed by atoms with E-state index in [-0.39, 0.29) is 0 Å². The summed E-state index contributed by atoms with van der Waals surface area (Å²) in [5.74, 6) is 0. The molecule has 1 aromatic heterocycles. The number of methoxy groups -OCH3 is 1. The van der Waals surface area contributed by atoms with Gasteiger partial charge in [-0.25, -0.2) is 4.98 Å². The lowest BCUT2D eigenvalue weighted by Crippen LogP contribution is -2.05. The molecular weight excluding hydrogens is 144 g/mol. The van der Waals surface area contributed by atoms with E-state index in [0.29, 0.717) is 18.8 Å². The molecule has 1 rings (SSSR count). The minimum atomic E-state index is 0.585. The molecule has 0 aromatic carbocycles. The molecule has 1 aromatic rings. The fourth-order valence-electron chi connectivity index (χ4n) is 0.806. The monoisotopic (exact) mass is 154 g/mol. The second kappa shape index (κ2) is 3.88. The number of hydrogen-bond donors (Lipinski definition) is 0. The van der Waals surface area contributed by atoms with Gasteiger partial charge in [0.1, 0.15) is 5.69 Å². The van der Waals surface area contributed by atoms with E-state index in [4.69, 9.17) is 4.74 Å². The van der Waals surface area contributed by atoms with E-state index < -0.39 is 0 Å². The Balaban J connectivity index is 2.61. The molecule has 0 aliphatic heterocycles. The SMILES string of the molecule is COCCn1cncc1C=O. The Morgan fingerprint density at radius 3 is 3.27 bits per heavy atom. The van der Waals surface area contributed by atoms with Crippen molar-refractivity contribution < 1.29 is 9.53 Å². The molecule has 4 nitrogen and oxygen atoms in total. The Bertz CT molecular complexity index is 232. The molecule has 60 valence electrons. The van der Waals surface area contributed by atoms with Gasteiger partial charge in [-0.2, -0.15) is 0 Å². The molecule has 4 heteroatoms. The van der Waals surface area contributed by atoms with Crippen molar-refractivity contribution >= 4 is 6.29 Å². The first kappa shape index (κ1) is 7.94. The van der Waals surface area contributed by atoms with E-state index in [1.165, 1.54) is 6.20 Å². The molecule has 0 bridgehead atoms.